The van der Waals surface area contributed by atoms with Crippen molar-refractivity contribution in [2.45, 2.75) is 31.7 Å². The minimum Gasteiger partial charge on any atom is -0.347 e. The van der Waals surface area contributed by atoms with E-state index in [1.165, 1.54) is 5.56 Å². The van der Waals surface area contributed by atoms with Gasteiger partial charge in [0.05, 0.1) is 0 Å². The highest BCUT2D eigenvalue weighted by Gasteiger charge is 2.22. The molecule has 6 nitrogen and oxygen atoms in total. The first-order valence-corrected chi connectivity index (χ1v) is 8.72. The molecule has 2 amide bonds. The van der Waals surface area contributed by atoms with Crippen molar-refractivity contribution in [1.82, 2.24) is 20.6 Å². The van der Waals surface area contributed by atoms with E-state index in [4.69, 9.17) is 0 Å². The Kier molecular flexibility index (Phi) is 5.48. The lowest BCUT2D eigenvalue weighted by atomic mass is 9.93. The molecule has 0 bridgehead atoms. The van der Waals surface area contributed by atoms with Gasteiger partial charge in [0.1, 0.15) is 0 Å². The summed E-state index contributed by atoms with van der Waals surface area (Å²) in [6, 6.07) is 10.2. The van der Waals surface area contributed by atoms with E-state index >= 15 is 0 Å². The number of fused-ring (bicyclic) bond motifs is 1. The zero-order valence-electron chi connectivity index (χ0n) is 14.8. The lowest BCUT2D eigenvalue weighted by Crippen LogP contribution is -2.45. The first-order valence-electron chi connectivity index (χ1n) is 8.72. The van der Waals surface area contributed by atoms with E-state index in [0.29, 0.717) is 6.54 Å². The second kappa shape index (κ2) is 7.96. The van der Waals surface area contributed by atoms with Crippen LogP contribution in [0.4, 0.5) is 10.7 Å². The van der Waals surface area contributed by atoms with Gasteiger partial charge in [-0.3, -0.25) is 0 Å². The van der Waals surface area contributed by atoms with Gasteiger partial charge in [-0.15, -0.1) is 0 Å². The number of nitrogens with one attached hydrogen (secondary N) is 2. The molecule has 1 atom stereocenters. The number of amides is 2. The fourth-order valence-electron chi connectivity index (χ4n) is 3.04. The molecule has 0 fully saturated rings. The Morgan fingerprint density at radius 3 is 2.84 bits per heavy atom. The van der Waals surface area contributed by atoms with E-state index in [1.807, 2.05) is 43.4 Å². The molecule has 0 unspecified atom stereocenters. The molecule has 0 saturated heterocycles. The maximum absolute atomic E-state index is 12.1. The monoisotopic (exact) mass is 339 g/mol. The Hall–Kier alpha value is -2.63. The number of hydrogen-bond donors (Lipinski definition) is 2. The third-order valence-electron chi connectivity index (χ3n) is 4.41. The fourth-order valence-corrected chi connectivity index (χ4v) is 3.04. The summed E-state index contributed by atoms with van der Waals surface area (Å²) in [7, 11) is 3.88. The Morgan fingerprint density at radius 1 is 1.28 bits per heavy atom. The summed E-state index contributed by atoms with van der Waals surface area (Å²) in [5.41, 5.74) is 3.45. The number of urea groups is 1. The van der Waals surface area contributed by atoms with E-state index in [0.717, 1.165) is 42.9 Å². The standard InChI is InChI=1S/C19H25N5O/c1-24(2)18-21-13-15-12-16(8-9-17(15)23-18)22-19(25)20-11-10-14-6-4-3-5-7-14/h3-7,13,16H,8-12H2,1-2H3,(H2,20,22,25)/t16-/m0/s1. The molecule has 3 rings (SSSR count). The molecule has 2 N–H and O–H groups in total. The Bertz CT molecular complexity index is 717. The van der Waals surface area contributed by atoms with Crippen LogP contribution in [0.5, 0.6) is 0 Å². The van der Waals surface area contributed by atoms with E-state index in [9.17, 15) is 4.79 Å². The van der Waals surface area contributed by atoms with Gasteiger partial charge in [0.25, 0.3) is 0 Å². The molecule has 1 aliphatic carbocycles. The summed E-state index contributed by atoms with van der Waals surface area (Å²) in [6.07, 6.45) is 5.29. The lowest BCUT2D eigenvalue weighted by Gasteiger charge is -2.25. The van der Waals surface area contributed by atoms with Gasteiger partial charge in [-0.05, 0) is 36.8 Å². The van der Waals surface area contributed by atoms with Crippen LogP contribution in [0.1, 0.15) is 23.2 Å². The summed E-state index contributed by atoms with van der Waals surface area (Å²) in [6.45, 7) is 0.633. The van der Waals surface area contributed by atoms with Crippen LogP contribution in [0.25, 0.3) is 0 Å². The Labute approximate surface area is 148 Å². The third-order valence-corrected chi connectivity index (χ3v) is 4.41. The van der Waals surface area contributed by atoms with Crippen LogP contribution < -0.4 is 15.5 Å². The molecule has 1 aromatic carbocycles. The lowest BCUT2D eigenvalue weighted by molar-refractivity contribution is 0.235. The Balaban J connectivity index is 1.47. The maximum atomic E-state index is 12.1. The van der Waals surface area contributed by atoms with Crippen molar-refractivity contribution in [3.8, 4) is 0 Å². The molecular weight excluding hydrogens is 314 g/mol. The van der Waals surface area contributed by atoms with Crippen molar-refractivity contribution < 1.29 is 4.79 Å². The molecule has 2 aromatic rings. The van der Waals surface area contributed by atoms with Crippen LogP contribution in [-0.2, 0) is 19.3 Å². The summed E-state index contributed by atoms with van der Waals surface area (Å²) in [4.78, 5) is 23.0. The van der Waals surface area contributed by atoms with Crippen LogP contribution >= 0.6 is 0 Å². The minimum absolute atomic E-state index is 0.102. The van der Waals surface area contributed by atoms with Gasteiger partial charge in [0.15, 0.2) is 0 Å². The zero-order chi connectivity index (χ0) is 17.6. The minimum atomic E-state index is -0.102. The van der Waals surface area contributed by atoms with Crippen molar-refractivity contribution in [2.24, 2.45) is 0 Å². The molecule has 0 radical (unpaired) electrons. The van der Waals surface area contributed by atoms with Crippen molar-refractivity contribution >= 4 is 12.0 Å². The van der Waals surface area contributed by atoms with E-state index < -0.39 is 0 Å². The molecule has 1 heterocycles. The summed E-state index contributed by atoms with van der Waals surface area (Å²) >= 11 is 0. The van der Waals surface area contributed by atoms with Crippen LogP contribution in [-0.4, -0.2) is 42.7 Å². The predicted octanol–water partition coefficient (Wildman–Crippen LogP) is 1.94. The number of nitrogens with zero attached hydrogens (tertiary/aromatic N) is 3. The first kappa shape index (κ1) is 17.2. The second-order valence-corrected chi connectivity index (χ2v) is 6.61. The van der Waals surface area contributed by atoms with Crippen molar-refractivity contribution in [1.29, 1.82) is 0 Å². The highest BCUT2D eigenvalue weighted by atomic mass is 16.2. The average Bonchev–Trinajstić information content (AvgIpc) is 2.62. The van der Waals surface area contributed by atoms with Crippen LogP contribution in [0.3, 0.4) is 0 Å². The number of aryl methyl sites for hydroxylation is 1. The second-order valence-electron chi connectivity index (χ2n) is 6.61. The van der Waals surface area contributed by atoms with Gasteiger partial charge in [-0.1, -0.05) is 30.3 Å². The normalized spacial score (nSPS) is 16.0. The van der Waals surface area contributed by atoms with Gasteiger partial charge in [-0.25, -0.2) is 14.8 Å². The molecule has 0 spiro atoms. The topological polar surface area (TPSA) is 70.2 Å². The summed E-state index contributed by atoms with van der Waals surface area (Å²) in [5.74, 6) is 0.740. The largest absolute Gasteiger partial charge is 0.347 e. The highest BCUT2D eigenvalue weighted by molar-refractivity contribution is 5.74. The van der Waals surface area contributed by atoms with Gasteiger partial charge in [-0.2, -0.15) is 0 Å². The quantitative estimate of drug-likeness (QED) is 0.873. The Morgan fingerprint density at radius 2 is 2.08 bits per heavy atom. The summed E-state index contributed by atoms with van der Waals surface area (Å²) < 4.78 is 0. The number of benzene rings is 1. The molecule has 6 heteroatoms. The zero-order valence-corrected chi connectivity index (χ0v) is 14.8. The maximum Gasteiger partial charge on any atom is 0.315 e. The first-order chi connectivity index (χ1) is 12.1. The van der Waals surface area contributed by atoms with Crippen LogP contribution in [0.2, 0.25) is 0 Å². The van der Waals surface area contributed by atoms with Crippen molar-refractivity contribution in [3.05, 3.63) is 53.3 Å². The van der Waals surface area contributed by atoms with Crippen LogP contribution in [0.15, 0.2) is 36.5 Å². The molecule has 1 aromatic heterocycles. The fraction of sp³-hybridized carbons (Fsp3) is 0.421. The number of rotatable bonds is 5. The van der Waals surface area contributed by atoms with E-state index in [2.05, 4.69) is 32.7 Å². The highest BCUT2D eigenvalue weighted by Crippen LogP contribution is 2.20. The predicted molar refractivity (Wildman–Crippen MR) is 98.9 cm³/mol. The van der Waals surface area contributed by atoms with Crippen molar-refractivity contribution in [3.63, 3.8) is 0 Å². The van der Waals surface area contributed by atoms with Gasteiger partial charge >= 0.3 is 6.03 Å². The molecule has 25 heavy (non-hydrogen) atoms. The van der Waals surface area contributed by atoms with Crippen LogP contribution in [0, 0.1) is 0 Å². The molecule has 132 valence electrons. The molecule has 1 aliphatic rings. The number of hydrogen-bond acceptors (Lipinski definition) is 4. The van der Waals surface area contributed by atoms with Gasteiger partial charge in [0.2, 0.25) is 5.95 Å². The molecular formula is C19H25N5O. The summed E-state index contributed by atoms with van der Waals surface area (Å²) in [5, 5.41) is 6.01. The van der Waals surface area contributed by atoms with Crippen molar-refractivity contribution in [2.75, 3.05) is 25.5 Å². The van der Waals surface area contributed by atoms with E-state index in [-0.39, 0.29) is 12.1 Å². The number of aromatic nitrogens is 2. The number of anilines is 1. The van der Waals surface area contributed by atoms with E-state index in [1.54, 1.807) is 0 Å². The molecule has 0 aliphatic heterocycles. The van der Waals surface area contributed by atoms with Gasteiger partial charge in [0, 0.05) is 38.6 Å². The number of carbonyl (C=O) groups excluding carboxylic acids is 1. The third kappa shape index (κ3) is 4.68. The average molecular weight is 339 g/mol. The molecule has 0 saturated carbocycles. The van der Waals surface area contributed by atoms with Gasteiger partial charge < -0.3 is 15.5 Å². The SMILES string of the molecule is CN(C)c1ncc2c(n1)CC[C@H](NC(=O)NCCc1ccccc1)C2. The smallest absolute Gasteiger partial charge is 0.315 e. The number of carbonyl (C=O) groups is 1.